The Balaban J connectivity index is -0.000000102. The zero-order chi connectivity index (χ0) is 39.7. The Hall–Kier alpha value is -1.80. The number of nitrogens with zero attached hydrogens (tertiary/aromatic N) is 1. The lowest BCUT2D eigenvalue weighted by molar-refractivity contribution is 0.287. The van der Waals surface area contributed by atoms with Gasteiger partial charge in [0.25, 0.3) is 0 Å². The van der Waals surface area contributed by atoms with Crippen molar-refractivity contribution in [3.05, 3.63) is 142 Å². The van der Waals surface area contributed by atoms with Crippen LogP contribution in [0.4, 0.5) is 0 Å². The third-order valence-electron chi connectivity index (χ3n) is 8.32. The molecule has 0 aliphatic rings. The second-order valence-corrected chi connectivity index (χ2v) is 13.4. The van der Waals surface area contributed by atoms with Crippen molar-refractivity contribution in [2.45, 2.75) is 83.6 Å². The molecule has 0 spiro atoms. The Morgan fingerprint density at radius 1 is 0.339 bits per heavy atom. The molecule has 14 heteroatoms. The molecule has 0 saturated carbocycles. The van der Waals surface area contributed by atoms with Gasteiger partial charge in [0.1, 0.15) is 0 Å². The summed E-state index contributed by atoms with van der Waals surface area (Å²) in [6, 6.07) is 34.0. The second-order valence-electron chi connectivity index (χ2n) is 13.4. The molecule has 0 bridgehead atoms. The molecule has 4 rings (SSSR count). The third kappa shape index (κ3) is 43.5. The van der Waals surface area contributed by atoms with Gasteiger partial charge in [0, 0.05) is 105 Å². The van der Waals surface area contributed by atoms with Crippen LogP contribution in [-0.4, -0.2) is 83.4 Å². The molecule has 4 aromatic carbocycles. The Bertz CT molecular complexity index is 1410. The SMILES string of the molecule is C.C.C.C.Cc1ccc(CN)cc1.Cc1ccc(CNCCN(CCN)CCN)cc1.Cc1ccc(CNCCN)cc1.Cc1ccc(CNCCNCCN)cc1.P.P.P.P. The summed E-state index contributed by atoms with van der Waals surface area (Å²) in [5, 5.41) is 13.3. The first-order valence-corrected chi connectivity index (χ1v) is 19.5. The highest BCUT2D eigenvalue weighted by Gasteiger charge is 2.02. The van der Waals surface area contributed by atoms with Crippen molar-refractivity contribution in [1.82, 2.24) is 26.2 Å². The third-order valence-corrected chi connectivity index (χ3v) is 8.32. The van der Waals surface area contributed by atoms with Gasteiger partial charge in [-0.1, -0.05) is 149 Å². The largest absolute Gasteiger partial charge is 0.329 e. The predicted molar refractivity (Wildman–Crippen MR) is 305 cm³/mol. The van der Waals surface area contributed by atoms with E-state index in [1.54, 1.807) is 0 Å². The summed E-state index contributed by atoms with van der Waals surface area (Å²) in [7, 11) is 0. The van der Waals surface area contributed by atoms with E-state index < -0.39 is 0 Å². The maximum Gasteiger partial charge on any atom is 0.0206 e. The van der Waals surface area contributed by atoms with Gasteiger partial charge in [0.15, 0.2) is 0 Å². The fourth-order valence-electron chi connectivity index (χ4n) is 4.98. The van der Waals surface area contributed by atoms with Crippen molar-refractivity contribution < 1.29 is 0 Å². The Kier molecular flexibility index (Phi) is 66.9. The van der Waals surface area contributed by atoms with Crippen LogP contribution in [-0.2, 0) is 26.2 Å². The first-order chi connectivity index (χ1) is 26.2. The fraction of sp³-hybridized carbons (Fsp3) is 0.500. The van der Waals surface area contributed by atoms with Crippen molar-refractivity contribution in [2.24, 2.45) is 28.7 Å². The molecule has 0 radical (unpaired) electrons. The van der Waals surface area contributed by atoms with E-state index in [-0.39, 0.29) is 69.3 Å². The second kappa shape index (κ2) is 53.5. The van der Waals surface area contributed by atoms with E-state index in [4.69, 9.17) is 28.7 Å². The Morgan fingerprint density at radius 3 is 0.919 bits per heavy atom. The monoisotopic (exact) mass is 943 g/mol. The molecule has 0 aliphatic carbocycles. The molecule has 4 atom stereocenters. The molecule has 0 aromatic heterocycles. The number of benzene rings is 4. The smallest absolute Gasteiger partial charge is 0.0206 e. The number of aryl methyl sites for hydroxylation is 4. The Morgan fingerprint density at radius 2 is 0.613 bits per heavy atom. The molecule has 0 aliphatic heterocycles. The Labute approximate surface area is 396 Å². The minimum absolute atomic E-state index is 0. The van der Waals surface area contributed by atoms with E-state index in [0.717, 1.165) is 72.0 Å². The van der Waals surface area contributed by atoms with Gasteiger partial charge in [-0.3, -0.25) is 4.90 Å². The summed E-state index contributed by atoms with van der Waals surface area (Å²) in [5.74, 6) is 0. The molecule has 0 saturated heterocycles. The van der Waals surface area contributed by atoms with Gasteiger partial charge in [-0.05, 0) is 49.9 Å². The first kappa shape index (κ1) is 77.4. The molecule has 4 aromatic rings. The van der Waals surface area contributed by atoms with Crippen LogP contribution in [0.3, 0.4) is 0 Å². The predicted octanol–water partition coefficient (Wildman–Crippen LogP) is 6.21. The fourth-order valence-corrected chi connectivity index (χ4v) is 4.98. The van der Waals surface area contributed by atoms with E-state index in [0.29, 0.717) is 32.7 Å². The van der Waals surface area contributed by atoms with Crippen molar-refractivity contribution in [1.29, 1.82) is 0 Å². The highest BCUT2D eigenvalue weighted by molar-refractivity contribution is 6.92. The molecule has 364 valence electrons. The van der Waals surface area contributed by atoms with Crippen LogP contribution in [0.1, 0.15) is 74.2 Å². The van der Waals surface area contributed by atoms with Crippen LogP contribution in [0, 0.1) is 27.7 Å². The van der Waals surface area contributed by atoms with E-state index in [9.17, 15) is 0 Å². The van der Waals surface area contributed by atoms with Gasteiger partial charge in [-0.25, -0.2) is 0 Å². The van der Waals surface area contributed by atoms with Crippen LogP contribution in [0.15, 0.2) is 97.1 Å². The van der Waals surface area contributed by atoms with Crippen LogP contribution in [0.25, 0.3) is 0 Å². The number of hydrogen-bond donors (Lipinski definition) is 9. The van der Waals surface area contributed by atoms with E-state index in [1.807, 2.05) is 0 Å². The van der Waals surface area contributed by atoms with Gasteiger partial charge >= 0.3 is 0 Å². The summed E-state index contributed by atoms with van der Waals surface area (Å²) < 4.78 is 0. The van der Waals surface area contributed by atoms with Gasteiger partial charge in [0.2, 0.25) is 0 Å². The van der Waals surface area contributed by atoms with Crippen molar-refractivity contribution in [2.75, 3.05) is 78.5 Å². The number of nitrogens with one attached hydrogen (secondary N) is 4. The molecule has 10 nitrogen and oxygen atoms in total. The molecular formula is C48H102N10P4. The number of nitrogens with two attached hydrogens (primary N) is 5. The lowest BCUT2D eigenvalue weighted by Gasteiger charge is -2.20. The molecule has 62 heavy (non-hydrogen) atoms. The van der Waals surface area contributed by atoms with E-state index >= 15 is 0 Å². The molecular weight excluding hydrogens is 840 g/mol. The molecule has 14 N–H and O–H groups in total. The van der Waals surface area contributed by atoms with Crippen molar-refractivity contribution in [3.8, 4) is 0 Å². The summed E-state index contributed by atoms with van der Waals surface area (Å²) in [6.45, 7) is 22.1. The summed E-state index contributed by atoms with van der Waals surface area (Å²) in [6.07, 6.45) is 0. The zero-order valence-electron chi connectivity index (χ0n) is 36.7. The topological polar surface area (TPSA) is 181 Å². The number of rotatable bonds is 21. The minimum atomic E-state index is 0. The maximum absolute atomic E-state index is 5.57. The van der Waals surface area contributed by atoms with E-state index in [1.165, 1.54) is 44.5 Å². The summed E-state index contributed by atoms with van der Waals surface area (Å²) >= 11 is 0. The number of hydrogen-bond acceptors (Lipinski definition) is 10. The van der Waals surface area contributed by atoms with Crippen LogP contribution < -0.4 is 49.9 Å². The van der Waals surface area contributed by atoms with Crippen LogP contribution in [0.2, 0.25) is 0 Å². The quantitative estimate of drug-likeness (QED) is 0.0345. The highest BCUT2D eigenvalue weighted by atomic mass is 31.0. The van der Waals surface area contributed by atoms with Gasteiger partial charge in [0.05, 0.1) is 0 Å². The van der Waals surface area contributed by atoms with Crippen molar-refractivity contribution >= 4 is 39.6 Å². The van der Waals surface area contributed by atoms with E-state index in [2.05, 4.69) is 151 Å². The minimum Gasteiger partial charge on any atom is -0.329 e. The average molecular weight is 943 g/mol. The molecule has 0 fully saturated rings. The lowest BCUT2D eigenvalue weighted by atomic mass is 10.1. The molecule has 0 amide bonds. The molecule has 0 heterocycles. The maximum atomic E-state index is 5.57. The molecule has 4 unspecified atom stereocenters. The standard InChI is InChI=1S/C14H26N4.C12H21N3.C10H16N2.C8H11N.4CH4.4H3P/c1-13-2-4-14(5-3-13)12-17-8-11-18(9-6-15)10-7-16;1-11-2-4-12(5-3-11)10-15-9-8-14-7-6-13;1-9-2-4-10(5-3-9)8-12-7-6-11;1-7-2-4-8(6-9)5-3-7;;;;;;;;/h2-5,17H,6-12,15-16H2,1H3;2-5,14-15H,6-10,13H2,1H3;2-5,12H,6-8,11H2,1H3;2-5H,6,9H2,1H3;4*1H4;4*1H3. The first-order valence-electron chi connectivity index (χ1n) is 19.5. The van der Waals surface area contributed by atoms with Gasteiger partial charge in [-0.2, -0.15) is 39.6 Å². The van der Waals surface area contributed by atoms with Crippen molar-refractivity contribution in [3.63, 3.8) is 0 Å². The summed E-state index contributed by atoms with van der Waals surface area (Å²) in [5.41, 5.74) is 37.6. The van der Waals surface area contributed by atoms with Gasteiger partial charge in [-0.15, -0.1) is 0 Å². The van der Waals surface area contributed by atoms with Gasteiger partial charge < -0.3 is 49.9 Å². The zero-order valence-corrected chi connectivity index (χ0v) is 42.4. The summed E-state index contributed by atoms with van der Waals surface area (Å²) in [4.78, 5) is 2.29. The van der Waals surface area contributed by atoms with Crippen LogP contribution in [0.5, 0.6) is 0 Å². The average Bonchev–Trinajstić information content (AvgIpc) is 3.18. The van der Waals surface area contributed by atoms with Crippen LogP contribution >= 0.6 is 39.6 Å². The normalized spacial score (nSPS) is 9.13. The highest BCUT2D eigenvalue weighted by Crippen LogP contribution is 2.04. The lowest BCUT2D eigenvalue weighted by Crippen LogP contribution is -2.38.